The number of nitrogens with one attached hydrogen (secondary N) is 1. The Kier molecular flexibility index (Phi) is 8.43. The zero-order valence-electron chi connectivity index (χ0n) is 11.8. The summed E-state index contributed by atoms with van der Waals surface area (Å²) in [6.45, 7) is 8.51. The predicted molar refractivity (Wildman–Crippen MR) is 76.6 cm³/mol. The first-order valence-electron chi connectivity index (χ1n) is 6.33. The van der Waals surface area contributed by atoms with Crippen LogP contribution in [0, 0.1) is 5.41 Å². The molecule has 0 aliphatic heterocycles. The maximum atomic E-state index is 11.7. The zero-order valence-corrected chi connectivity index (χ0v) is 13.4. The first kappa shape index (κ1) is 18.2. The van der Waals surface area contributed by atoms with E-state index < -0.39 is 10.0 Å². The summed E-state index contributed by atoms with van der Waals surface area (Å²) in [4.78, 5) is 0. The molecule has 0 saturated heterocycles. The molecule has 110 valence electrons. The van der Waals surface area contributed by atoms with E-state index in [2.05, 4.69) is 4.72 Å². The van der Waals surface area contributed by atoms with Crippen molar-refractivity contribution in [3.63, 3.8) is 0 Å². The first-order valence-corrected chi connectivity index (χ1v) is 8.52. The molecular formula is C12H26ClNO3S. The summed E-state index contributed by atoms with van der Waals surface area (Å²) in [6.07, 6.45) is 1.86. The third-order valence-electron chi connectivity index (χ3n) is 2.56. The van der Waals surface area contributed by atoms with Gasteiger partial charge >= 0.3 is 0 Å². The number of halogens is 1. The van der Waals surface area contributed by atoms with E-state index in [1.165, 1.54) is 0 Å². The zero-order chi connectivity index (χ0) is 14.2. The second-order valence-corrected chi connectivity index (χ2v) is 7.82. The highest BCUT2D eigenvalue weighted by Gasteiger charge is 2.20. The molecule has 0 bridgehead atoms. The van der Waals surface area contributed by atoms with Gasteiger partial charge in [0.2, 0.25) is 10.0 Å². The summed E-state index contributed by atoms with van der Waals surface area (Å²) in [5.41, 5.74) is -0.0686. The Hall–Kier alpha value is 0.160. The smallest absolute Gasteiger partial charge is 0.213 e. The highest BCUT2D eigenvalue weighted by atomic mass is 35.5. The molecule has 18 heavy (non-hydrogen) atoms. The van der Waals surface area contributed by atoms with E-state index in [0.29, 0.717) is 12.4 Å². The molecule has 6 heteroatoms. The monoisotopic (exact) mass is 299 g/mol. The van der Waals surface area contributed by atoms with E-state index >= 15 is 0 Å². The molecule has 4 nitrogen and oxygen atoms in total. The Bertz CT molecular complexity index is 315. The topological polar surface area (TPSA) is 55.4 Å². The molecule has 0 spiro atoms. The van der Waals surface area contributed by atoms with Crippen LogP contribution in [0.3, 0.4) is 0 Å². The van der Waals surface area contributed by atoms with Crippen molar-refractivity contribution in [2.75, 3.05) is 24.8 Å². The lowest BCUT2D eigenvalue weighted by atomic mass is 9.88. The molecule has 0 aromatic rings. The van der Waals surface area contributed by atoms with Gasteiger partial charge in [-0.2, -0.15) is 0 Å². The molecule has 0 saturated carbocycles. The summed E-state index contributed by atoms with van der Waals surface area (Å²) in [5, 5.41) is 0. The van der Waals surface area contributed by atoms with Gasteiger partial charge in [-0.15, -0.1) is 11.6 Å². The highest BCUT2D eigenvalue weighted by Crippen LogP contribution is 2.21. The van der Waals surface area contributed by atoms with Crippen LogP contribution in [0.1, 0.15) is 40.5 Å². The average molecular weight is 300 g/mol. The Morgan fingerprint density at radius 2 is 1.94 bits per heavy atom. The van der Waals surface area contributed by atoms with Crippen molar-refractivity contribution in [1.82, 2.24) is 4.72 Å². The van der Waals surface area contributed by atoms with Crippen molar-refractivity contribution in [1.29, 1.82) is 0 Å². The summed E-state index contributed by atoms with van der Waals surface area (Å²) >= 11 is 5.64. The van der Waals surface area contributed by atoms with Crippen LogP contribution in [0.15, 0.2) is 0 Å². The second kappa shape index (κ2) is 8.35. The van der Waals surface area contributed by atoms with Crippen molar-refractivity contribution in [3.8, 4) is 0 Å². The highest BCUT2D eigenvalue weighted by molar-refractivity contribution is 7.89. The molecule has 0 unspecified atom stereocenters. The number of ether oxygens (including phenoxy) is 1. The minimum absolute atomic E-state index is 0.0107. The molecule has 0 radical (unpaired) electrons. The molecule has 1 N–H and O–H groups in total. The van der Waals surface area contributed by atoms with Gasteiger partial charge < -0.3 is 4.74 Å². The Morgan fingerprint density at radius 1 is 1.33 bits per heavy atom. The van der Waals surface area contributed by atoms with Crippen molar-refractivity contribution in [3.05, 3.63) is 0 Å². The maximum Gasteiger partial charge on any atom is 0.213 e. The van der Waals surface area contributed by atoms with E-state index in [9.17, 15) is 8.42 Å². The van der Waals surface area contributed by atoms with E-state index in [0.717, 1.165) is 12.8 Å². The molecular weight excluding hydrogens is 274 g/mol. The number of sulfonamides is 1. The maximum absolute atomic E-state index is 11.7. The molecule has 0 aliphatic carbocycles. The number of hydrogen-bond donors (Lipinski definition) is 1. The van der Waals surface area contributed by atoms with E-state index in [1.807, 2.05) is 27.7 Å². The lowest BCUT2D eigenvalue weighted by molar-refractivity contribution is 0.0911. The lowest BCUT2D eigenvalue weighted by Crippen LogP contribution is -2.36. The van der Waals surface area contributed by atoms with Gasteiger partial charge in [-0.05, 0) is 32.1 Å². The van der Waals surface area contributed by atoms with Gasteiger partial charge in [0, 0.05) is 12.4 Å². The van der Waals surface area contributed by atoms with Crippen LogP contribution < -0.4 is 4.72 Å². The molecule has 0 aliphatic rings. The van der Waals surface area contributed by atoms with Crippen LogP contribution in [0.4, 0.5) is 0 Å². The third-order valence-corrected chi connectivity index (χ3v) is 4.12. The third kappa shape index (κ3) is 10.1. The van der Waals surface area contributed by atoms with Crippen LogP contribution in [0.5, 0.6) is 0 Å². The van der Waals surface area contributed by atoms with Gasteiger partial charge in [0.05, 0.1) is 18.5 Å². The van der Waals surface area contributed by atoms with Crippen molar-refractivity contribution in [2.24, 2.45) is 5.41 Å². The molecule has 0 amide bonds. The van der Waals surface area contributed by atoms with Crippen LogP contribution in [0.25, 0.3) is 0 Å². The normalized spacial score (nSPS) is 13.2. The number of alkyl halides is 1. The first-order chi connectivity index (χ1) is 8.18. The fraction of sp³-hybridized carbons (Fsp3) is 1.00. The molecule has 0 fully saturated rings. The quantitative estimate of drug-likeness (QED) is 0.630. The largest absolute Gasteiger partial charge is 0.378 e. The summed E-state index contributed by atoms with van der Waals surface area (Å²) in [6, 6.07) is 0. The van der Waals surface area contributed by atoms with Gasteiger partial charge in [-0.25, -0.2) is 13.1 Å². The van der Waals surface area contributed by atoms with Gasteiger partial charge in [0.15, 0.2) is 0 Å². The molecule has 0 heterocycles. The van der Waals surface area contributed by atoms with E-state index in [4.69, 9.17) is 16.3 Å². The Balaban J connectivity index is 4.02. The SMILES string of the molecule is CC(C)OCCS(=O)(=O)NCC(C)(C)CCCCl. The second-order valence-electron chi connectivity index (χ2n) is 5.52. The molecule has 0 atom stereocenters. The lowest BCUT2D eigenvalue weighted by Gasteiger charge is -2.24. The van der Waals surface area contributed by atoms with Crippen molar-refractivity contribution in [2.45, 2.75) is 46.6 Å². The van der Waals surface area contributed by atoms with Gasteiger partial charge in [-0.3, -0.25) is 0 Å². The fourth-order valence-corrected chi connectivity index (χ4v) is 2.61. The molecule has 0 aromatic carbocycles. The molecule has 0 rings (SSSR count). The molecule has 0 aromatic heterocycles. The van der Waals surface area contributed by atoms with E-state index in [-0.39, 0.29) is 23.9 Å². The van der Waals surface area contributed by atoms with Crippen LogP contribution in [-0.2, 0) is 14.8 Å². The summed E-state index contributed by atoms with van der Waals surface area (Å²) < 4.78 is 31.3. The van der Waals surface area contributed by atoms with Gasteiger partial charge in [-0.1, -0.05) is 13.8 Å². The van der Waals surface area contributed by atoms with E-state index in [1.54, 1.807) is 0 Å². The standard InChI is InChI=1S/C12H26ClNO3S/c1-11(2)17-8-9-18(15,16)14-10-12(3,4)6-5-7-13/h11,14H,5-10H2,1-4H3. The van der Waals surface area contributed by atoms with Crippen LogP contribution in [0.2, 0.25) is 0 Å². The fourth-order valence-electron chi connectivity index (χ4n) is 1.40. The predicted octanol–water partition coefficient (Wildman–Crippen LogP) is 2.38. The van der Waals surface area contributed by atoms with Crippen molar-refractivity contribution >= 4 is 21.6 Å². The average Bonchev–Trinajstić information content (AvgIpc) is 2.23. The minimum Gasteiger partial charge on any atom is -0.378 e. The number of rotatable bonds is 10. The summed E-state index contributed by atoms with van der Waals surface area (Å²) in [5.74, 6) is 0.620. The number of hydrogen-bond acceptors (Lipinski definition) is 3. The Labute approximate surface area is 116 Å². The van der Waals surface area contributed by atoms with Gasteiger partial charge in [0.1, 0.15) is 0 Å². The Morgan fingerprint density at radius 3 is 2.44 bits per heavy atom. The minimum atomic E-state index is -3.24. The van der Waals surface area contributed by atoms with Crippen molar-refractivity contribution < 1.29 is 13.2 Å². The van der Waals surface area contributed by atoms with Crippen LogP contribution >= 0.6 is 11.6 Å². The summed E-state index contributed by atoms with van der Waals surface area (Å²) in [7, 11) is -3.24. The van der Waals surface area contributed by atoms with Gasteiger partial charge in [0.25, 0.3) is 0 Å². The van der Waals surface area contributed by atoms with Crippen LogP contribution in [-0.4, -0.2) is 39.3 Å².